The standard InChI is InChI=1S/C21H24N4O3S2/c1-14-7-8-16(12-15(14)2)30(27,28)25-17(9-11-29-3)19-13-20(26)24-21(23-19)18-6-4-5-10-22-18/h4-8,10,12-13,17,25H,9,11H2,1-3H3,(H,23,24,26)/t17-/m0/s1. The van der Waals surface area contributed by atoms with Crippen molar-refractivity contribution in [2.24, 2.45) is 0 Å². The first-order chi connectivity index (χ1) is 14.3. The molecule has 0 amide bonds. The maximum absolute atomic E-state index is 13.0. The molecule has 9 heteroatoms. The van der Waals surface area contributed by atoms with Crippen molar-refractivity contribution in [2.75, 3.05) is 12.0 Å². The minimum absolute atomic E-state index is 0.189. The Bertz CT molecular complexity index is 1180. The van der Waals surface area contributed by atoms with Crippen LogP contribution in [0.5, 0.6) is 0 Å². The van der Waals surface area contributed by atoms with Crippen LogP contribution in [0.1, 0.15) is 29.3 Å². The Hall–Kier alpha value is -2.49. The summed E-state index contributed by atoms with van der Waals surface area (Å²) in [7, 11) is -3.79. The van der Waals surface area contributed by atoms with Gasteiger partial charge in [-0.25, -0.2) is 18.1 Å². The van der Waals surface area contributed by atoms with E-state index in [0.717, 1.165) is 11.1 Å². The fraction of sp³-hybridized carbons (Fsp3) is 0.286. The lowest BCUT2D eigenvalue weighted by Crippen LogP contribution is -2.31. The van der Waals surface area contributed by atoms with Crippen molar-refractivity contribution < 1.29 is 8.42 Å². The largest absolute Gasteiger partial charge is 0.305 e. The first-order valence-corrected chi connectivity index (χ1v) is 12.3. The van der Waals surface area contributed by atoms with Crippen LogP contribution in [0.2, 0.25) is 0 Å². The van der Waals surface area contributed by atoms with Crippen molar-refractivity contribution in [3.8, 4) is 11.5 Å². The zero-order valence-corrected chi connectivity index (χ0v) is 18.7. The number of nitrogens with zero attached hydrogens (tertiary/aromatic N) is 2. The van der Waals surface area contributed by atoms with Gasteiger partial charge in [0.1, 0.15) is 5.69 Å². The molecule has 0 fully saturated rings. The molecule has 0 radical (unpaired) electrons. The number of hydrogen-bond donors (Lipinski definition) is 2. The van der Waals surface area contributed by atoms with Gasteiger partial charge in [0.2, 0.25) is 10.0 Å². The molecule has 0 bridgehead atoms. The number of nitrogens with one attached hydrogen (secondary N) is 2. The molecule has 0 spiro atoms. The van der Waals surface area contributed by atoms with Crippen LogP contribution in [0, 0.1) is 13.8 Å². The Morgan fingerprint density at radius 3 is 2.60 bits per heavy atom. The van der Waals surface area contributed by atoms with E-state index in [4.69, 9.17) is 0 Å². The Kier molecular flexibility index (Phi) is 7.06. The molecule has 0 unspecified atom stereocenters. The highest BCUT2D eigenvalue weighted by molar-refractivity contribution is 7.98. The Balaban J connectivity index is 1.99. The normalized spacial score (nSPS) is 12.6. The molecule has 2 N–H and O–H groups in total. The molecule has 2 heterocycles. The van der Waals surface area contributed by atoms with E-state index < -0.39 is 16.1 Å². The number of hydrogen-bond acceptors (Lipinski definition) is 6. The number of pyridine rings is 1. The van der Waals surface area contributed by atoms with Gasteiger partial charge >= 0.3 is 0 Å². The lowest BCUT2D eigenvalue weighted by atomic mass is 10.1. The molecule has 2 aromatic heterocycles. The summed E-state index contributed by atoms with van der Waals surface area (Å²) < 4.78 is 28.8. The van der Waals surface area contributed by atoms with Gasteiger partial charge in [0.15, 0.2) is 5.82 Å². The molecule has 3 aromatic rings. The van der Waals surface area contributed by atoms with E-state index in [2.05, 4.69) is 19.7 Å². The maximum atomic E-state index is 13.0. The van der Waals surface area contributed by atoms with Crippen LogP contribution in [0.15, 0.2) is 58.4 Å². The summed E-state index contributed by atoms with van der Waals surface area (Å²) >= 11 is 1.59. The monoisotopic (exact) mass is 444 g/mol. The fourth-order valence-electron chi connectivity index (χ4n) is 2.92. The van der Waals surface area contributed by atoms with E-state index in [1.54, 1.807) is 54.4 Å². The third kappa shape index (κ3) is 5.35. The Morgan fingerprint density at radius 1 is 1.13 bits per heavy atom. The SMILES string of the molecule is CSCC[C@H](NS(=O)(=O)c1ccc(C)c(C)c1)c1cc(=O)[nH]c(-c2ccccn2)n1. The van der Waals surface area contributed by atoms with E-state index in [9.17, 15) is 13.2 Å². The molecule has 1 aromatic carbocycles. The summed E-state index contributed by atoms with van der Waals surface area (Å²) in [6.07, 6.45) is 4.04. The van der Waals surface area contributed by atoms with Gasteiger partial charge < -0.3 is 4.98 Å². The third-order valence-electron chi connectivity index (χ3n) is 4.72. The minimum Gasteiger partial charge on any atom is -0.305 e. The molecule has 158 valence electrons. The van der Waals surface area contributed by atoms with Crippen LogP contribution in [0.25, 0.3) is 11.5 Å². The molecule has 0 aliphatic heterocycles. The Morgan fingerprint density at radius 2 is 1.93 bits per heavy atom. The van der Waals surface area contributed by atoms with E-state index in [1.165, 1.54) is 6.07 Å². The molecular formula is C21H24N4O3S2. The minimum atomic E-state index is -3.79. The zero-order chi connectivity index (χ0) is 21.7. The van der Waals surface area contributed by atoms with Crippen molar-refractivity contribution in [2.45, 2.75) is 31.2 Å². The van der Waals surface area contributed by atoms with Crippen LogP contribution in [0.3, 0.4) is 0 Å². The average Bonchev–Trinajstić information content (AvgIpc) is 2.73. The highest BCUT2D eigenvalue weighted by Crippen LogP contribution is 2.22. The van der Waals surface area contributed by atoms with E-state index in [1.807, 2.05) is 20.1 Å². The zero-order valence-electron chi connectivity index (χ0n) is 17.0. The summed E-state index contributed by atoms with van der Waals surface area (Å²) in [5, 5.41) is 0. The summed E-state index contributed by atoms with van der Waals surface area (Å²) in [4.78, 5) is 23.9. The second-order valence-corrected chi connectivity index (χ2v) is 9.63. The van der Waals surface area contributed by atoms with Crippen molar-refractivity contribution in [3.05, 3.63) is 75.8 Å². The molecular weight excluding hydrogens is 420 g/mol. The van der Waals surface area contributed by atoms with Gasteiger partial charge in [0.25, 0.3) is 5.56 Å². The second kappa shape index (κ2) is 9.55. The molecule has 3 rings (SSSR count). The second-order valence-electron chi connectivity index (χ2n) is 6.94. The molecule has 0 aliphatic carbocycles. The summed E-state index contributed by atoms with van der Waals surface area (Å²) in [6.45, 7) is 3.80. The number of sulfonamides is 1. The van der Waals surface area contributed by atoms with Crippen molar-refractivity contribution in [3.63, 3.8) is 0 Å². The molecule has 7 nitrogen and oxygen atoms in total. The third-order valence-corrected chi connectivity index (χ3v) is 6.84. The quantitative estimate of drug-likeness (QED) is 0.553. The lowest BCUT2D eigenvalue weighted by Gasteiger charge is -2.19. The van der Waals surface area contributed by atoms with Gasteiger partial charge in [-0.2, -0.15) is 11.8 Å². The van der Waals surface area contributed by atoms with Gasteiger partial charge in [-0.3, -0.25) is 9.78 Å². The van der Waals surface area contributed by atoms with Gasteiger partial charge in [0, 0.05) is 12.3 Å². The fourth-order valence-corrected chi connectivity index (χ4v) is 4.72. The van der Waals surface area contributed by atoms with Crippen molar-refractivity contribution in [1.29, 1.82) is 0 Å². The number of rotatable bonds is 8. The van der Waals surface area contributed by atoms with E-state index >= 15 is 0 Å². The summed E-state index contributed by atoms with van der Waals surface area (Å²) in [5.41, 5.74) is 2.42. The van der Waals surface area contributed by atoms with Gasteiger partial charge in [-0.15, -0.1) is 0 Å². The topological polar surface area (TPSA) is 105 Å². The van der Waals surface area contributed by atoms with E-state index in [-0.39, 0.29) is 10.5 Å². The molecule has 30 heavy (non-hydrogen) atoms. The van der Waals surface area contributed by atoms with Crippen LogP contribution >= 0.6 is 11.8 Å². The van der Waals surface area contributed by atoms with Crippen LogP contribution < -0.4 is 10.3 Å². The van der Waals surface area contributed by atoms with Crippen molar-refractivity contribution >= 4 is 21.8 Å². The number of benzene rings is 1. The Labute approximate surface area is 180 Å². The predicted molar refractivity (Wildman–Crippen MR) is 120 cm³/mol. The van der Waals surface area contributed by atoms with Crippen LogP contribution in [-0.4, -0.2) is 35.4 Å². The number of thioether (sulfide) groups is 1. The van der Waals surface area contributed by atoms with Gasteiger partial charge in [-0.1, -0.05) is 12.1 Å². The molecule has 0 aliphatic rings. The van der Waals surface area contributed by atoms with E-state index in [0.29, 0.717) is 29.4 Å². The first kappa shape index (κ1) is 22.2. The van der Waals surface area contributed by atoms with Gasteiger partial charge in [-0.05, 0) is 67.7 Å². The lowest BCUT2D eigenvalue weighted by molar-refractivity contribution is 0.545. The molecule has 0 saturated carbocycles. The van der Waals surface area contributed by atoms with Gasteiger partial charge in [0.05, 0.1) is 16.6 Å². The molecule has 0 saturated heterocycles. The smallest absolute Gasteiger partial charge is 0.251 e. The number of aromatic amines is 1. The summed E-state index contributed by atoms with van der Waals surface area (Å²) in [6, 6.07) is 11.0. The van der Waals surface area contributed by atoms with Crippen LogP contribution in [0.4, 0.5) is 0 Å². The average molecular weight is 445 g/mol. The molecule has 1 atom stereocenters. The number of aryl methyl sites for hydroxylation is 2. The first-order valence-electron chi connectivity index (χ1n) is 9.41. The highest BCUT2D eigenvalue weighted by atomic mass is 32.2. The predicted octanol–water partition coefficient (Wildman–Crippen LogP) is 3.22. The highest BCUT2D eigenvalue weighted by Gasteiger charge is 2.23. The van der Waals surface area contributed by atoms with Crippen LogP contribution in [-0.2, 0) is 10.0 Å². The number of aromatic nitrogens is 3. The number of H-pyrrole nitrogens is 1. The summed E-state index contributed by atoms with van der Waals surface area (Å²) in [5.74, 6) is 1.01. The van der Waals surface area contributed by atoms with Crippen molar-refractivity contribution in [1.82, 2.24) is 19.7 Å². The maximum Gasteiger partial charge on any atom is 0.251 e.